The van der Waals surface area contributed by atoms with E-state index >= 15 is 0 Å². The van der Waals surface area contributed by atoms with Crippen molar-refractivity contribution in [2.24, 2.45) is 0 Å². The van der Waals surface area contributed by atoms with Gasteiger partial charge in [0, 0.05) is 6.54 Å². The Hall–Kier alpha value is -1.39. The Labute approximate surface area is 122 Å². The molecule has 0 bridgehead atoms. The standard InChI is InChI=1S/C16H26N2O2/c1-5-12-17-16(15(19)20-4,11-13-18(2)3)14-9-7-6-8-10-14/h6-10,17H,5,11-13H2,1-4H3. The maximum absolute atomic E-state index is 12.4. The van der Waals surface area contributed by atoms with Crippen molar-refractivity contribution in [1.29, 1.82) is 0 Å². The summed E-state index contributed by atoms with van der Waals surface area (Å²) >= 11 is 0. The highest BCUT2D eigenvalue weighted by molar-refractivity contribution is 5.82. The van der Waals surface area contributed by atoms with Crippen molar-refractivity contribution in [3.8, 4) is 0 Å². The number of rotatable bonds is 8. The molecular weight excluding hydrogens is 252 g/mol. The van der Waals surface area contributed by atoms with Crippen molar-refractivity contribution >= 4 is 5.97 Å². The number of carbonyl (C=O) groups is 1. The quantitative estimate of drug-likeness (QED) is 0.739. The Kier molecular flexibility index (Phi) is 6.68. The molecule has 0 saturated heterocycles. The molecule has 0 fully saturated rings. The van der Waals surface area contributed by atoms with Gasteiger partial charge in [-0.15, -0.1) is 0 Å². The lowest BCUT2D eigenvalue weighted by atomic mass is 9.86. The number of methoxy groups -OCH3 is 1. The molecule has 112 valence electrons. The molecule has 0 aliphatic rings. The number of hydrogen-bond acceptors (Lipinski definition) is 4. The van der Waals surface area contributed by atoms with Crippen LogP contribution in [0.5, 0.6) is 0 Å². The van der Waals surface area contributed by atoms with Gasteiger partial charge in [-0.05, 0) is 39.0 Å². The van der Waals surface area contributed by atoms with Gasteiger partial charge < -0.3 is 9.64 Å². The minimum atomic E-state index is -0.768. The largest absolute Gasteiger partial charge is 0.467 e. The van der Waals surface area contributed by atoms with E-state index in [-0.39, 0.29) is 5.97 Å². The SMILES string of the molecule is CCCNC(CCN(C)C)(C(=O)OC)c1ccccc1. The Morgan fingerprint density at radius 2 is 1.95 bits per heavy atom. The van der Waals surface area contributed by atoms with Crippen LogP contribution in [0.3, 0.4) is 0 Å². The molecule has 1 aromatic rings. The second-order valence-electron chi connectivity index (χ2n) is 5.24. The summed E-state index contributed by atoms with van der Waals surface area (Å²) in [5.74, 6) is -0.223. The van der Waals surface area contributed by atoms with Crippen molar-refractivity contribution in [2.75, 3.05) is 34.3 Å². The van der Waals surface area contributed by atoms with Crippen LogP contribution in [0.15, 0.2) is 30.3 Å². The fraction of sp³-hybridized carbons (Fsp3) is 0.562. The van der Waals surface area contributed by atoms with Gasteiger partial charge in [-0.1, -0.05) is 37.3 Å². The lowest BCUT2D eigenvalue weighted by Crippen LogP contribution is -2.51. The van der Waals surface area contributed by atoms with Gasteiger partial charge in [-0.3, -0.25) is 5.32 Å². The van der Waals surface area contributed by atoms with E-state index in [0.29, 0.717) is 6.42 Å². The fourth-order valence-electron chi connectivity index (χ4n) is 2.25. The van der Waals surface area contributed by atoms with Crippen molar-refractivity contribution in [1.82, 2.24) is 10.2 Å². The zero-order valence-corrected chi connectivity index (χ0v) is 13.0. The molecule has 4 nitrogen and oxygen atoms in total. The lowest BCUT2D eigenvalue weighted by Gasteiger charge is -2.33. The lowest BCUT2D eigenvalue weighted by molar-refractivity contribution is -0.149. The maximum atomic E-state index is 12.4. The van der Waals surface area contributed by atoms with E-state index < -0.39 is 5.54 Å². The molecule has 1 N–H and O–H groups in total. The van der Waals surface area contributed by atoms with Gasteiger partial charge in [-0.25, -0.2) is 4.79 Å². The summed E-state index contributed by atoms with van der Waals surface area (Å²) < 4.78 is 5.08. The molecule has 0 heterocycles. The number of esters is 1. The third-order valence-electron chi connectivity index (χ3n) is 3.41. The number of carbonyl (C=O) groups excluding carboxylic acids is 1. The Bertz CT molecular complexity index is 406. The zero-order chi connectivity index (χ0) is 15.0. The van der Waals surface area contributed by atoms with Crippen LogP contribution in [0.4, 0.5) is 0 Å². The molecule has 0 spiro atoms. The van der Waals surface area contributed by atoms with Gasteiger partial charge in [0.1, 0.15) is 5.54 Å². The summed E-state index contributed by atoms with van der Waals surface area (Å²) in [5, 5.41) is 3.40. The number of hydrogen-bond donors (Lipinski definition) is 1. The third-order valence-corrected chi connectivity index (χ3v) is 3.41. The average Bonchev–Trinajstić information content (AvgIpc) is 2.48. The van der Waals surface area contributed by atoms with Crippen LogP contribution >= 0.6 is 0 Å². The van der Waals surface area contributed by atoms with Crippen molar-refractivity contribution in [3.63, 3.8) is 0 Å². The number of benzene rings is 1. The second-order valence-corrected chi connectivity index (χ2v) is 5.24. The molecule has 1 unspecified atom stereocenters. The minimum absolute atomic E-state index is 0.223. The van der Waals surface area contributed by atoms with Gasteiger partial charge in [0.2, 0.25) is 0 Å². The first-order valence-corrected chi connectivity index (χ1v) is 7.10. The molecule has 1 rings (SSSR count). The first-order valence-electron chi connectivity index (χ1n) is 7.10. The molecule has 0 aromatic heterocycles. The van der Waals surface area contributed by atoms with Gasteiger partial charge in [0.25, 0.3) is 0 Å². The van der Waals surface area contributed by atoms with Gasteiger partial charge in [0.05, 0.1) is 7.11 Å². The van der Waals surface area contributed by atoms with Crippen LogP contribution in [0.2, 0.25) is 0 Å². The van der Waals surface area contributed by atoms with Crippen LogP contribution in [-0.2, 0) is 15.1 Å². The van der Waals surface area contributed by atoms with Crippen molar-refractivity contribution < 1.29 is 9.53 Å². The topological polar surface area (TPSA) is 41.6 Å². The van der Waals surface area contributed by atoms with E-state index in [0.717, 1.165) is 25.1 Å². The molecule has 20 heavy (non-hydrogen) atoms. The van der Waals surface area contributed by atoms with Crippen molar-refractivity contribution in [3.05, 3.63) is 35.9 Å². The van der Waals surface area contributed by atoms with Crippen LogP contribution < -0.4 is 5.32 Å². The van der Waals surface area contributed by atoms with Crippen LogP contribution in [0.1, 0.15) is 25.3 Å². The summed E-state index contributed by atoms with van der Waals surface area (Å²) in [7, 11) is 5.46. The van der Waals surface area contributed by atoms with E-state index in [4.69, 9.17) is 4.74 Å². The van der Waals surface area contributed by atoms with E-state index in [1.165, 1.54) is 7.11 Å². The van der Waals surface area contributed by atoms with E-state index in [9.17, 15) is 4.79 Å². The summed E-state index contributed by atoms with van der Waals surface area (Å²) in [4.78, 5) is 14.5. The summed E-state index contributed by atoms with van der Waals surface area (Å²) in [6.45, 7) is 3.67. The van der Waals surface area contributed by atoms with Crippen molar-refractivity contribution in [2.45, 2.75) is 25.3 Å². The molecule has 1 aromatic carbocycles. The van der Waals surface area contributed by atoms with Gasteiger partial charge in [-0.2, -0.15) is 0 Å². The number of nitrogens with zero attached hydrogens (tertiary/aromatic N) is 1. The maximum Gasteiger partial charge on any atom is 0.330 e. The molecule has 0 aliphatic heterocycles. The highest BCUT2D eigenvalue weighted by Gasteiger charge is 2.40. The minimum Gasteiger partial charge on any atom is -0.467 e. The Morgan fingerprint density at radius 1 is 1.30 bits per heavy atom. The normalized spacial score (nSPS) is 14.1. The Morgan fingerprint density at radius 3 is 2.45 bits per heavy atom. The van der Waals surface area contributed by atoms with E-state index in [1.807, 2.05) is 44.4 Å². The highest BCUT2D eigenvalue weighted by Crippen LogP contribution is 2.27. The fourth-order valence-corrected chi connectivity index (χ4v) is 2.25. The molecule has 0 saturated carbocycles. The third kappa shape index (κ3) is 4.05. The monoisotopic (exact) mass is 278 g/mol. The smallest absolute Gasteiger partial charge is 0.330 e. The molecule has 4 heteroatoms. The first-order chi connectivity index (χ1) is 9.56. The second kappa shape index (κ2) is 8.02. The van der Waals surface area contributed by atoms with Crippen LogP contribution in [0, 0.1) is 0 Å². The number of ether oxygens (including phenoxy) is 1. The van der Waals surface area contributed by atoms with E-state index in [1.54, 1.807) is 0 Å². The molecule has 0 aliphatic carbocycles. The Balaban J connectivity index is 3.14. The summed E-state index contributed by atoms with van der Waals surface area (Å²) in [6.07, 6.45) is 1.64. The molecule has 0 radical (unpaired) electrons. The molecule has 0 amide bonds. The first kappa shape index (κ1) is 16.7. The highest BCUT2D eigenvalue weighted by atomic mass is 16.5. The summed E-state index contributed by atoms with van der Waals surface area (Å²) in [6, 6.07) is 9.83. The van der Waals surface area contributed by atoms with Gasteiger partial charge in [0.15, 0.2) is 0 Å². The number of nitrogens with one attached hydrogen (secondary N) is 1. The molecular formula is C16H26N2O2. The van der Waals surface area contributed by atoms with E-state index in [2.05, 4.69) is 17.1 Å². The zero-order valence-electron chi connectivity index (χ0n) is 13.0. The average molecular weight is 278 g/mol. The predicted molar refractivity (Wildman–Crippen MR) is 81.6 cm³/mol. The molecule has 1 atom stereocenters. The predicted octanol–water partition coefficient (Wildman–Crippen LogP) is 2.01. The summed E-state index contributed by atoms with van der Waals surface area (Å²) in [5.41, 5.74) is 0.193. The van der Waals surface area contributed by atoms with Crippen LogP contribution in [-0.4, -0.2) is 45.2 Å². The van der Waals surface area contributed by atoms with Crippen LogP contribution in [0.25, 0.3) is 0 Å². The van der Waals surface area contributed by atoms with Gasteiger partial charge >= 0.3 is 5.97 Å².